The van der Waals surface area contributed by atoms with Crippen molar-refractivity contribution in [3.05, 3.63) is 63.7 Å². The molecule has 13 nitrogen and oxygen atoms in total. The molecule has 0 bridgehead atoms. The number of carbonyl (C=O) groups excluding carboxylic acids is 4. The summed E-state index contributed by atoms with van der Waals surface area (Å²) in [5, 5.41) is 24.1. The lowest BCUT2D eigenvalue weighted by Gasteiger charge is -2.50. The first-order valence-corrected chi connectivity index (χ1v) is 19.5. The molecule has 7 rings (SSSR count). The topological polar surface area (TPSA) is 167 Å². The van der Waals surface area contributed by atoms with E-state index in [9.17, 15) is 29.4 Å². The van der Waals surface area contributed by atoms with E-state index in [4.69, 9.17) is 28.4 Å². The molecule has 2 N–H and O–H groups in total. The number of rotatable bonds is 8. The van der Waals surface area contributed by atoms with Gasteiger partial charge in [-0.25, -0.2) is 0 Å². The monoisotopic (exact) mass is 763 g/mol. The normalized spacial score (nSPS) is 36.2. The second kappa shape index (κ2) is 15.4. The minimum Gasteiger partial charge on any atom is -0.507 e. The predicted octanol–water partition coefficient (Wildman–Crippen LogP) is 4.75. The molecule has 5 aliphatic rings. The van der Waals surface area contributed by atoms with Crippen molar-refractivity contribution in [2.45, 2.75) is 139 Å². The van der Waals surface area contributed by atoms with E-state index in [-0.39, 0.29) is 88.4 Å². The molecule has 3 saturated heterocycles. The SMILES string of the molecule is CC[C@@]1(O)C[C@H](O[C@H]2CC(N(C)C)[C@H](C3CC[C@H](O[C@H]4CCC(=O)[C@H](C)O4)[C@H](C)O3)[C@H](C)O2)c2c(cc3c(c2O)C(=O)c2ccccc2C3=O)[C@H]1C(=O)OC. The van der Waals surface area contributed by atoms with Crippen molar-refractivity contribution in [1.82, 2.24) is 4.90 Å². The van der Waals surface area contributed by atoms with E-state index in [1.54, 1.807) is 38.1 Å². The molecular weight excluding hydrogens is 710 g/mol. The number of esters is 1. The molecule has 2 unspecified atom stereocenters. The summed E-state index contributed by atoms with van der Waals surface area (Å²) < 4.78 is 37.2. The molecule has 12 atom stereocenters. The molecule has 0 spiro atoms. The van der Waals surface area contributed by atoms with E-state index in [1.807, 2.05) is 27.9 Å². The number of fused-ring (bicyclic) bond motifs is 3. The van der Waals surface area contributed by atoms with Gasteiger partial charge in [-0.3, -0.25) is 19.2 Å². The first-order valence-electron chi connectivity index (χ1n) is 19.5. The van der Waals surface area contributed by atoms with E-state index in [0.29, 0.717) is 19.3 Å². The fourth-order valence-corrected chi connectivity index (χ4v) is 9.62. The van der Waals surface area contributed by atoms with Gasteiger partial charge in [0.25, 0.3) is 0 Å². The Morgan fingerprint density at radius 3 is 2.27 bits per heavy atom. The Kier molecular flexibility index (Phi) is 11.1. The predicted molar refractivity (Wildman–Crippen MR) is 197 cm³/mol. The van der Waals surface area contributed by atoms with Gasteiger partial charge in [0.15, 0.2) is 29.9 Å². The number of Topliss-reactive ketones (excluding diaryl/α,β-unsaturated/α-hetero) is 1. The third kappa shape index (κ3) is 7.06. The van der Waals surface area contributed by atoms with Crippen LogP contribution >= 0.6 is 0 Å². The van der Waals surface area contributed by atoms with Crippen molar-refractivity contribution >= 4 is 23.3 Å². The van der Waals surface area contributed by atoms with Crippen molar-refractivity contribution in [1.29, 1.82) is 0 Å². The highest BCUT2D eigenvalue weighted by atomic mass is 16.7. The first-order chi connectivity index (χ1) is 26.2. The van der Waals surface area contributed by atoms with Gasteiger partial charge in [0.1, 0.15) is 17.8 Å². The van der Waals surface area contributed by atoms with Crippen LogP contribution in [0.25, 0.3) is 0 Å². The molecule has 0 radical (unpaired) electrons. The number of benzene rings is 2. The third-order valence-electron chi connectivity index (χ3n) is 12.6. The lowest BCUT2D eigenvalue weighted by atomic mass is 9.67. The number of hydrogen-bond donors (Lipinski definition) is 2. The van der Waals surface area contributed by atoms with Crippen molar-refractivity contribution in [3.8, 4) is 5.75 Å². The Labute approximate surface area is 321 Å². The number of ether oxygens (including phenoxy) is 6. The summed E-state index contributed by atoms with van der Waals surface area (Å²) in [6.45, 7) is 7.49. The number of aromatic hydroxyl groups is 1. The van der Waals surface area contributed by atoms with Crippen LogP contribution in [0.2, 0.25) is 0 Å². The maximum atomic E-state index is 13.9. The number of nitrogens with zero attached hydrogens (tertiary/aromatic N) is 1. The maximum Gasteiger partial charge on any atom is 0.316 e. The van der Waals surface area contributed by atoms with Crippen molar-refractivity contribution in [2.24, 2.45) is 5.92 Å². The van der Waals surface area contributed by atoms with Crippen LogP contribution in [0.1, 0.15) is 128 Å². The standard InChI is InChI=1S/C42H53NO12/c1-8-42(49)19-31(35-25(37(42)41(48)50-7)17-26-36(40(35)47)39(46)24-12-10-9-11-23(24)38(26)45)55-33-18-27(43(5)6)34(22(4)53-33)30-15-14-29(21(3)51-30)54-32-16-13-28(44)20(2)52-32/h9-12,17,20-22,27,29-34,37,47,49H,8,13-16,18-19H2,1-7H3/t20-,21-,22-,27?,29-,30?,31-,32-,33-,34+,37-,42+/m0/s1. The molecule has 0 amide bonds. The molecule has 13 heteroatoms. The number of ketones is 3. The summed E-state index contributed by atoms with van der Waals surface area (Å²) in [7, 11) is 5.22. The highest BCUT2D eigenvalue weighted by Gasteiger charge is 2.53. The van der Waals surface area contributed by atoms with Gasteiger partial charge in [0.05, 0.1) is 48.8 Å². The second-order valence-corrected chi connectivity index (χ2v) is 16.1. The van der Waals surface area contributed by atoms with Crippen LogP contribution in [-0.4, -0.2) is 114 Å². The van der Waals surface area contributed by atoms with Crippen LogP contribution < -0.4 is 0 Å². The average Bonchev–Trinajstić information content (AvgIpc) is 3.15. The minimum absolute atomic E-state index is 0.0409. The van der Waals surface area contributed by atoms with E-state index in [2.05, 4.69) is 4.90 Å². The zero-order valence-corrected chi connectivity index (χ0v) is 32.6. The Morgan fingerprint density at radius 1 is 0.927 bits per heavy atom. The van der Waals surface area contributed by atoms with Gasteiger partial charge in [0.2, 0.25) is 0 Å². The first kappa shape index (κ1) is 39.7. The molecule has 2 aromatic rings. The van der Waals surface area contributed by atoms with E-state index >= 15 is 0 Å². The number of hydrogen-bond acceptors (Lipinski definition) is 13. The Hall–Kier alpha value is -3.56. The van der Waals surface area contributed by atoms with Crippen molar-refractivity contribution in [2.75, 3.05) is 21.2 Å². The summed E-state index contributed by atoms with van der Waals surface area (Å²) in [5.41, 5.74) is -1.17. The summed E-state index contributed by atoms with van der Waals surface area (Å²) in [5.74, 6) is -3.38. The Balaban J connectivity index is 1.15. The molecule has 3 fully saturated rings. The number of phenols is 1. The summed E-state index contributed by atoms with van der Waals surface area (Å²) in [6.07, 6.45) is -0.706. The highest BCUT2D eigenvalue weighted by molar-refractivity contribution is 6.29. The van der Waals surface area contributed by atoms with Crippen LogP contribution in [0.3, 0.4) is 0 Å². The summed E-state index contributed by atoms with van der Waals surface area (Å²) in [6, 6.07) is 7.81. The summed E-state index contributed by atoms with van der Waals surface area (Å²) >= 11 is 0. The third-order valence-corrected chi connectivity index (χ3v) is 12.6. The van der Waals surface area contributed by atoms with E-state index in [0.717, 1.165) is 12.8 Å². The number of methoxy groups -OCH3 is 1. The van der Waals surface area contributed by atoms with Gasteiger partial charge in [-0.1, -0.05) is 31.2 Å². The Bertz CT molecular complexity index is 1840. The van der Waals surface area contributed by atoms with Gasteiger partial charge in [-0.15, -0.1) is 0 Å². The lowest BCUT2D eigenvalue weighted by molar-refractivity contribution is -0.276. The molecule has 0 aromatic heterocycles. The lowest BCUT2D eigenvalue weighted by Crippen LogP contribution is -2.57. The average molecular weight is 764 g/mol. The molecule has 2 aromatic carbocycles. The molecule has 55 heavy (non-hydrogen) atoms. The molecule has 3 heterocycles. The van der Waals surface area contributed by atoms with Crippen molar-refractivity contribution in [3.63, 3.8) is 0 Å². The zero-order valence-electron chi connectivity index (χ0n) is 32.6. The van der Waals surface area contributed by atoms with Gasteiger partial charge in [-0.05, 0) is 65.8 Å². The van der Waals surface area contributed by atoms with Gasteiger partial charge in [-0.2, -0.15) is 0 Å². The molecule has 3 aliphatic heterocycles. The highest BCUT2D eigenvalue weighted by Crippen LogP contribution is 2.54. The van der Waals surface area contributed by atoms with Crippen LogP contribution in [0.4, 0.5) is 0 Å². The number of aliphatic hydroxyl groups is 1. The maximum absolute atomic E-state index is 13.9. The molecular formula is C42H53NO12. The summed E-state index contributed by atoms with van der Waals surface area (Å²) in [4.78, 5) is 55.1. The van der Waals surface area contributed by atoms with Crippen LogP contribution in [0.5, 0.6) is 5.75 Å². The van der Waals surface area contributed by atoms with E-state index < -0.39 is 59.6 Å². The van der Waals surface area contributed by atoms with Gasteiger partial charge in [0, 0.05) is 59.9 Å². The van der Waals surface area contributed by atoms with E-state index in [1.165, 1.54) is 13.2 Å². The molecule has 2 aliphatic carbocycles. The van der Waals surface area contributed by atoms with Crippen LogP contribution in [-0.2, 0) is 38.0 Å². The fraction of sp³-hybridized carbons (Fsp3) is 0.619. The van der Waals surface area contributed by atoms with Crippen LogP contribution in [0.15, 0.2) is 30.3 Å². The van der Waals surface area contributed by atoms with Crippen molar-refractivity contribution < 1.29 is 57.8 Å². The smallest absolute Gasteiger partial charge is 0.316 e. The quantitative estimate of drug-likeness (QED) is 0.302. The minimum atomic E-state index is -1.67. The van der Waals surface area contributed by atoms with Gasteiger partial charge >= 0.3 is 5.97 Å². The Morgan fingerprint density at radius 2 is 1.64 bits per heavy atom. The fourth-order valence-electron chi connectivity index (χ4n) is 9.62. The second-order valence-electron chi connectivity index (χ2n) is 16.1. The zero-order chi connectivity index (χ0) is 39.5. The molecule has 298 valence electrons. The largest absolute Gasteiger partial charge is 0.507 e. The number of carbonyl (C=O) groups is 4. The van der Waals surface area contributed by atoms with Crippen LogP contribution in [0, 0.1) is 5.92 Å². The number of phenolic OH excluding ortho intramolecular Hbond substituents is 1. The van der Waals surface area contributed by atoms with Gasteiger partial charge < -0.3 is 43.5 Å². The molecule has 0 saturated carbocycles.